The highest BCUT2D eigenvalue weighted by atomic mass is 35.6. The number of rotatable bonds is 0. The fraction of sp³-hybridized carbons (Fsp3) is 1.00. The maximum Gasteiger partial charge on any atom is 0.171 e. The second kappa shape index (κ2) is 4.72. The zero-order valence-corrected chi connectivity index (χ0v) is 14.5. The van der Waals surface area contributed by atoms with Crippen molar-refractivity contribution in [3.05, 3.63) is 0 Å². The van der Waals surface area contributed by atoms with Crippen LogP contribution in [0.15, 0.2) is 0 Å². The minimum atomic E-state index is -1.93. The van der Waals surface area contributed by atoms with Crippen LogP contribution >= 0.6 is 116 Å². The van der Waals surface area contributed by atoms with Crippen molar-refractivity contribution in [2.75, 3.05) is 0 Å². The van der Waals surface area contributed by atoms with Crippen molar-refractivity contribution >= 4 is 116 Å². The van der Waals surface area contributed by atoms with E-state index < -0.39 is 28.1 Å². The molecule has 0 aromatic heterocycles. The summed E-state index contributed by atoms with van der Waals surface area (Å²) in [6, 6.07) is 0. The Balaban J connectivity index is 3.39. The normalized spacial score (nSPS) is 39.4. The van der Waals surface area contributed by atoms with Gasteiger partial charge in [-0.05, 0) is 0 Å². The first-order valence-electron chi connectivity index (χ1n) is 3.60. The lowest BCUT2D eigenvalue weighted by Gasteiger charge is -2.54. The molecule has 0 aromatic carbocycles. The number of halogens is 10. The van der Waals surface area contributed by atoms with Gasteiger partial charge in [-0.1, -0.05) is 92.8 Å². The summed E-state index contributed by atoms with van der Waals surface area (Å²) in [5.74, 6) is 0. The highest BCUT2D eigenvalue weighted by Crippen LogP contribution is 2.67. The lowest BCUT2D eigenvalue weighted by Crippen LogP contribution is -2.70. The fourth-order valence-electron chi connectivity index (χ4n) is 1.13. The maximum absolute atomic E-state index is 5.92. The van der Waals surface area contributed by atoms with Gasteiger partial charge in [-0.3, -0.25) is 0 Å². The molecule has 1 aliphatic carbocycles. The van der Waals surface area contributed by atoms with Crippen LogP contribution in [0.1, 0.15) is 0 Å². The van der Waals surface area contributed by atoms with E-state index in [2.05, 4.69) is 0 Å². The lowest BCUT2D eigenvalue weighted by atomic mass is 9.95. The third-order valence-corrected chi connectivity index (χ3v) is 9.27. The van der Waals surface area contributed by atoms with Crippen molar-refractivity contribution in [3.63, 3.8) is 0 Å². The zero-order valence-electron chi connectivity index (χ0n) is 6.93. The number of hydrogen-bond donors (Lipinski definition) is 0. The van der Waals surface area contributed by atoms with E-state index in [9.17, 15) is 0 Å². The van der Waals surface area contributed by atoms with Gasteiger partial charge in [-0.2, -0.15) is 0 Å². The van der Waals surface area contributed by atoms with Crippen molar-refractivity contribution in [2.45, 2.75) is 28.1 Å². The third-order valence-electron chi connectivity index (χ3n) is 2.16. The SMILES string of the molecule is ClC1C(Cl)(Cl)C(Cl)(Cl)C(Cl)C(Cl)(Cl)C1(Cl)Cl. The summed E-state index contributed by atoms with van der Waals surface area (Å²) in [5, 5.41) is -2.68. The minimum absolute atomic E-state index is 1.34. The molecule has 0 nitrogen and oxygen atoms in total. The molecule has 0 N–H and O–H groups in total. The first kappa shape index (κ1) is 17.0. The van der Waals surface area contributed by atoms with E-state index in [-0.39, 0.29) is 0 Å². The van der Waals surface area contributed by atoms with Crippen molar-refractivity contribution in [2.24, 2.45) is 0 Å². The van der Waals surface area contributed by atoms with Crippen molar-refractivity contribution < 1.29 is 0 Å². The molecule has 0 amide bonds. The van der Waals surface area contributed by atoms with Gasteiger partial charge in [0.15, 0.2) is 17.3 Å². The van der Waals surface area contributed by atoms with Crippen LogP contribution in [-0.4, -0.2) is 28.1 Å². The highest BCUT2D eigenvalue weighted by molar-refractivity contribution is 6.74. The second-order valence-corrected chi connectivity index (χ2v) is 9.63. The largest absolute Gasteiger partial charge is 0.171 e. The van der Waals surface area contributed by atoms with E-state index in [4.69, 9.17) is 116 Å². The Bertz CT molecular complexity index is 236. The zero-order chi connectivity index (χ0) is 13.2. The Hall–Kier alpha value is 2.90. The van der Waals surface area contributed by atoms with Crippen LogP contribution in [0.3, 0.4) is 0 Å². The molecule has 1 aliphatic rings. The summed E-state index contributed by atoms with van der Waals surface area (Å²) in [6.45, 7) is 0. The average molecular weight is 429 g/mol. The Labute approximate surface area is 143 Å². The third kappa shape index (κ3) is 2.12. The summed E-state index contributed by atoms with van der Waals surface area (Å²) in [4.78, 5) is 0. The molecule has 0 unspecified atom stereocenters. The van der Waals surface area contributed by atoms with Crippen LogP contribution < -0.4 is 0 Å². The van der Waals surface area contributed by atoms with Gasteiger partial charge in [0.25, 0.3) is 0 Å². The predicted molar refractivity (Wildman–Crippen MR) is 77.0 cm³/mol. The van der Waals surface area contributed by atoms with Gasteiger partial charge in [0.2, 0.25) is 0 Å². The van der Waals surface area contributed by atoms with Crippen LogP contribution in [0.5, 0.6) is 0 Å². The van der Waals surface area contributed by atoms with Crippen LogP contribution in [0.4, 0.5) is 0 Å². The van der Waals surface area contributed by atoms with Gasteiger partial charge < -0.3 is 0 Å². The Morgan fingerprint density at radius 2 is 0.562 bits per heavy atom. The Morgan fingerprint density at radius 1 is 0.438 bits per heavy atom. The lowest BCUT2D eigenvalue weighted by molar-refractivity contribution is 0.423. The summed E-state index contributed by atoms with van der Waals surface area (Å²) in [7, 11) is 0. The van der Waals surface area contributed by atoms with Crippen molar-refractivity contribution in [3.8, 4) is 0 Å². The Morgan fingerprint density at radius 3 is 0.688 bits per heavy atom. The topological polar surface area (TPSA) is 0 Å². The van der Waals surface area contributed by atoms with Crippen molar-refractivity contribution in [1.29, 1.82) is 0 Å². The Kier molecular flexibility index (Phi) is 5.00. The smallest absolute Gasteiger partial charge is 0.116 e. The molecule has 0 radical (unpaired) electrons. The number of alkyl halides is 10. The van der Waals surface area contributed by atoms with E-state index in [1.807, 2.05) is 0 Å². The quantitative estimate of drug-likeness (QED) is 0.421. The van der Waals surface area contributed by atoms with E-state index >= 15 is 0 Å². The molecule has 0 spiro atoms. The molecule has 0 aromatic rings. The summed E-state index contributed by atoms with van der Waals surface area (Å²) in [6.07, 6.45) is 0. The maximum atomic E-state index is 5.92. The van der Waals surface area contributed by atoms with E-state index in [0.29, 0.717) is 0 Å². The number of hydrogen-bond acceptors (Lipinski definition) is 0. The molecule has 1 fully saturated rings. The van der Waals surface area contributed by atoms with Crippen LogP contribution in [-0.2, 0) is 0 Å². The summed E-state index contributed by atoms with van der Waals surface area (Å²) >= 11 is 59.2. The van der Waals surface area contributed by atoms with Crippen LogP contribution in [0.2, 0.25) is 0 Å². The molecule has 0 bridgehead atoms. The van der Waals surface area contributed by atoms with Crippen LogP contribution in [0, 0.1) is 0 Å². The predicted octanol–water partition coefficient (Wildman–Crippen LogP) is 5.91. The van der Waals surface area contributed by atoms with E-state index in [0.717, 1.165) is 0 Å². The molecule has 0 atom stereocenters. The highest BCUT2D eigenvalue weighted by Gasteiger charge is 2.76. The molecule has 1 rings (SSSR count). The fourth-order valence-corrected chi connectivity index (χ4v) is 4.90. The molecule has 16 heavy (non-hydrogen) atoms. The van der Waals surface area contributed by atoms with Gasteiger partial charge in [-0.25, -0.2) is 0 Å². The molecular weight excluding hydrogens is 427 g/mol. The molecular formula is C6H2Cl10. The van der Waals surface area contributed by atoms with Crippen molar-refractivity contribution in [1.82, 2.24) is 0 Å². The van der Waals surface area contributed by atoms with E-state index in [1.165, 1.54) is 0 Å². The molecule has 0 aliphatic heterocycles. The van der Waals surface area contributed by atoms with Gasteiger partial charge >= 0.3 is 0 Å². The first-order chi connectivity index (χ1) is 6.81. The standard InChI is InChI=1S/C6H2Cl10/c7-1-3(9,10)5(13,14)2(8)6(15,16)4(1,11)12/h1-2H. The van der Waals surface area contributed by atoms with Gasteiger partial charge in [0, 0.05) is 0 Å². The monoisotopic (exact) mass is 424 g/mol. The minimum Gasteiger partial charge on any atom is -0.116 e. The van der Waals surface area contributed by atoms with Gasteiger partial charge in [0.05, 0.1) is 0 Å². The molecule has 1 saturated carbocycles. The van der Waals surface area contributed by atoms with Gasteiger partial charge in [0.1, 0.15) is 10.8 Å². The first-order valence-corrected chi connectivity index (χ1v) is 7.50. The van der Waals surface area contributed by atoms with Gasteiger partial charge in [-0.15, -0.1) is 23.2 Å². The summed E-state index contributed by atoms with van der Waals surface area (Å²) in [5.41, 5.74) is 0. The molecule has 0 saturated heterocycles. The molecule has 96 valence electrons. The van der Waals surface area contributed by atoms with E-state index in [1.54, 1.807) is 0 Å². The molecule has 10 heteroatoms. The second-order valence-electron chi connectivity index (χ2n) is 3.22. The average Bonchev–Trinajstić information content (AvgIpc) is 2.13. The summed E-state index contributed by atoms with van der Waals surface area (Å²) < 4.78 is -7.72. The van der Waals surface area contributed by atoms with Crippen LogP contribution in [0.25, 0.3) is 0 Å². The molecule has 0 heterocycles.